The minimum atomic E-state index is -2.52. The molecule has 194 valence electrons. The number of rotatable bonds is 9. The van der Waals surface area contributed by atoms with Gasteiger partial charge in [0.25, 0.3) is 0 Å². The molecule has 0 saturated carbocycles. The van der Waals surface area contributed by atoms with Gasteiger partial charge in [0.2, 0.25) is 0 Å². The van der Waals surface area contributed by atoms with Gasteiger partial charge in [0.05, 0.1) is 0 Å². The first-order chi connectivity index (χ1) is 17.2. The number of anilines is 1. The average molecular weight is 511 g/mol. The monoisotopic (exact) mass is 510 g/mol. The second-order valence-electron chi connectivity index (χ2n) is 9.91. The zero-order valence-corrected chi connectivity index (χ0v) is 22.2. The quantitative estimate of drug-likeness (QED) is 0.511. The summed E-state index contributed by atoms with van der Waals surface area (Å²) in [7, 11) is -2.52. The molecular formula is C29H39FN4OS. The Balaban J connectivity index is 1.52. The molecule has 0 bridgehead atoms. The van der Waals surface area contributed by atoms with Gasteiger partial charge < -0.3 is 15.5 Å². The van der Waals surface area contributed by atoms with E-state index in [9.17, 15) is 8.60 Å². The molecule has 0 aromatic heterocycles. The minimum absolute atomic E-state index is 0.185. The van der Waals surface area contributed by atoms with Crippen LogP contribution in [-0.4, -0.2) is 70.9 Å². The van der Waals surface area contributed by atoms with Crippen LogP contribution >= 0.6 is 0 Å². The van der Waals surface area contributed by atoms with Crippen molar-refractivity contribution in [2.45, 2.75) is 36.5 Å². The molecule has 0 radical (unpaired) electrons. The van der Waals surface area contributed by atoms with E-state index in [1.807, 2.05) is 31.2 Å². The summed E-state index contributed by atoms with van der Waals surface area (Å²) in [5, 5.41) is -0.208. The standard InChI is InChI=1S/C29H39FN4OS/c1-5-24-8-9-25(28(30)18-24)21-32-14-16-33(17-15-32)23(3)27-19-26(36(4,35)22(2)20-31)10-11-29(27)34-12-6-7-13-34/h5,8-11,18-19,22H,1,3-4,6-7,12-17,20-21,31H2,2H3. The number of hydrogen-bond acceptors (Lipinski definition) is 5. The molecule has 2 saturated heterocycles. The SMILES string of the molecule is C=Cc1ccc(CN2CCN(C(=C)c3cc(S(=C)(=O)C(C)CN)ccc3N3CCCC3)CC2)c(F)c1. The van der Waals surface area contributed by atoms with Crippen LogP contribution in [0, 0.1) is 5.82 Å². The van der Waals surface area contributed by atoms with Crippen LogP contribution in [0.5, 0.6) is 0 Å². The number of nitrogens with zero attached hydrogens (tertiary/aromatic N) is 3. The van der Waals surface area contributed by atoms with Crippen LogP contribution in [0.2, 0.25) is 0 Å². The summed E-state index contributed by atoms with van der Waals surface area (Å²) >= 11 is 0. The van der Waals surface area contributed by atoms with Crippen molar-refractivity contribution < 1.29 is 8.60 Å². The first kappa shape index (κ1) is 26.5. The maximum Gasteiger partial charge on any atom is 0.128 e. The molecule has 2 heterocycles. The summed E-state index contributed by atoms with van der Waals surface area (Å²) in [6, 6.07) is 11.4. The first-order valence-corrected chi connectivity index (χ1v) is 14.6. The van der Waals surface area contributed by atoms with Crippen LogP contribution in [0.3, 0.4) is 0 Å². The Bertz CT molecular complexity index is 1210. The molecule has 2 aliphatic rings. The van der Waals surface area contributed by atoms with Crippen molar-refractivity contribution in [3.05, 3.63) is 72.1 Å². The lowest BCUT2D eigenvalue weighted by atomic mass is 10.1. The lowest BCUT2D eigenvalue weighted by Crippen LogP contribution is -2.45. The van der Waals surface area contributed by atoms with E-state index in [-0.39, 0.29) is 11.1 Å². The van der Waals surface area contributed by atoms with E-state index in [1.54, 1.807) is 12.1 Å². The number of hydrogen-bond donors (Lipinski definition) is 1. The van der Waals surface area contributed by atoms with E-state index in [4.69, 9.17) is 5.73 Å². The first-order valence-electron chi connectivity index (χ1n) is 12.8. The predicted molar refractivity (Wildman–Crippen MR) is 152 cm³/mol. The van der Waals surface area contributed by atoms with Gasteiger partial charge in [-0.3, -0.25) is 9.11 Å². The summed E-state index contributed by atoms with van der Waals surface area (Å²) < 4.78 is 28.0. The largest absolute Gasteiger partial charge is 0.371 e. The Hall–Kier alpha value is -2.61. The highest BCUT2D eigenvalue weighted by molar-refractivity contribution is 8.00. The Labute approximate surface area is 216 Å². The molecule has 5 nitrogen and oxygen atoms in total. The van der Waals surface area contributed by atoms with Gasteiger partial charge in [0, 0.05) is 85.0 Å². The van der Waals surface area contributed by atoms with Crippen molar-refractivity contribution in [2.24, 2.45) is 5.73 Å². The van der Waals surface area contributed by atoms with Gasteiger partial charge in [-0.2, -0.15) is 0 Å². The lowest BCUT2D eigenvalue weighted by Gasteiger charge is -2.38. The summed E-state index contributed by atoms with van der Waals surface area (Å²) in [6.07, 6.45) is 4.01. The topological polar surface area (TPSA) is 52.8 Å². The van der Waals surface area contributed by atoms with Gasteiger partial charge in [-0.1, -0.05) is 31.4 Å². The van der Waals surface area contributed by atoms with Crippen molar-refractivity contribution in [2.75, 3.05) is 50.7 Å². The molecule has 2 unspecified atom stereocenters. The number of nitrogens with two attached hydrogens (primary N) is 1. The third kappa shape index (κ3) is 5.53. The third-order valence-electron chi connectivity index (χ3n) is 7.57. The van der Waals surface area contributed by atoms with E-state index < -0.39 is 9.52 Å². The van der Waals surface area contributed by atoms with Crippen LogP contribution in [0.4, 0.5) is 10.1 Å². The third-order valence-corrected chi connectivity index (χ3v) is 10.1. The second-order valence-corrected chi connectivity index (χ2v) is 12.6. The van der Waals surface area contributed by atoms with Crippen molar-refractivity contribution in [1.29, 1.82) is 0 Å². The van der Waals surface area contributed by atoms with E-state index >= 15 is 0 Å². The number of benzene rings is 2. The number of halogens is 1. The lowest BCUT2D eigenvalue weighted by molar-refractivity contribution is 0.168. The van der Waals surface area contributed by atoms with Crippen molar-refractivity contribution in [3.8, 4) is 0 Å². The fourth-order valence-electron chi connectivity index (χ4n) is 4.99. The molecule has 2 atom stereocenters. The van der Waals surface area contributed by atoms with Gasteiger partial charge >= 0.3 is 0 Å². The average Bonchev–Trinajstić information content (AvgIpc) is 3.44. The molecular weight excluding hydrogens is 471 g/mol. The molecule has 2 aromatic rings. The van der Waals surface area contributed by atoms with Gasteiger partial charge in [0.15, 0.2) is 0 Å². The molecule has 0 aliphatic carbocycles. The highest BCUT2D eigenvalue weighted by Gasteiger charge is 2.25. The van der Waals surface area contributed by atoms with E-state index in [2.05, 4.69) is 39.8 Å². The van der Waals surface area contributed by atoms with Crippen LogP contribution < -0.4 is 10.6 Å². The fraction of sp³-hybridized carbons (Fsp3) is 0.414. The second kappa shape index (κ2) is 11.2. The Morgan fingerprint density at radius 1 is 1.11 bits per heavy atom. The summed E-state index contributed by atoms with van der Waals surface area (Å²) in [5.74, 6) is 3.88. The maximum atomic E-state index is 14.5. The molecule has 2 fully saturated rings. The highest BCUT2D eigenvalue weighted by atomic mass is 32.2. The molecule has 7 heteroatoms. The van der Waals surface area contributed by atoms with Crippen molar-refractivity contribution in [3.63, 3.8) is 0 Å². The fourth-order valence-corrected chi connectivity index (χ4v) is 6.38. The minimum Gasteiger partial charge on any atom is -0.371 e. The molecule has 0 spiro atoms. The molecule has 4 rings (SSSR count). The zero-order chi connectivity index (χ0) is 25.9. The highest BCUT2D eigenvalue weighted by Crippen LogP contribution is 2.34. The van der Waals surface area contributed by atoms with Crippen LogP contribution in [-0.2, 0) is 16.1 Å². The van der Waals surface area contributed by atoms with Crippen molar-refractivity contribution >= 4 is 32.9 Å². The normalized spacial score (nSPS) is 19.2. The Morgan fingerprint density at radius 3 is 2.42 bits per heavy atom. The van der Waals surface area contributed by atoms with Gasteiger partial charge in [-0.25, -0.2) is 4.39 Å². The predicted octanol–water partition coefficient (Wildman–Crippen LogP) is 4.28. The summed E-state index contributed by atoms with van der Waals surface area (Å²) in [5.41, 5.74) is 10.4. The zero-order valence-electron chi connectivity index (χ0n) is 21.4. The Morgan fingerprint density at radius 2 is 1.81 bits per heavy atom. The maximum absolute atomic E-state index is 14.5. The molecule has 0 amide bonds. The van der Waals surface area contributed by atoms with E-state index in [0.29, 0.717) is 18.7 Å². The van der Waals surface area contributed by atoms with Crippen LogP contribution in [0.25, 0.3) is 11.8 Å². The van der Waals surface area contributed by atoms with Crippen LogP contribution in [0.15, 0.2) is 54.5 Å². The smallest absolute Gasteiger partial charge is 0.128 e. The molecule has 2 aliphatic heterocycles. The number of piperazine rings is 1. The van der Waals surface area contributed by atoms with Gasteiger partial charge in [-0.15, -0.1) is 0 Å². The van der Waals surface area contributed by atoms with E-state index in [0.717, 1.165) is 66.7 Å². The summed E-state index contributed by atoms with van der Waals surface area (Å²) in [4.78, 5) is 7.70. The van der Waals surface area contributed by atoms with Gasteiger partial charge in [0.1, 0.15) is 5.82 Å². The van der Waals surface area contributed by atoms with Crippen molar-refractivity contribution in [1.82, 2.24) is 9.80 Å². The van der Waals surface area contributed by atoms with Gasteiger partial charge in [-0.05, 0) is 65.0 Å². The molecule has 2 aromatic carbocycles. The van der Waals surface area contributed by atoms with E-state index in [1.165, 1.54) is 12.8 Å². The Kier molecular flexibility index (Phi) is 8.23. The van der Waals surface area contributed by atoms with Crippen LogP contribution in [0.1, 0.15) is 36.5 Å². The molecule has 2 N–H and O–H groups in total. The summed E-state index contributed by atoms with van der Waals surface area (Å²) in [6.45, 7) is 16.3. The molecule has 36 heavy (non-hydrogen) atoms.